The van der Waals surface area contributed by atoms with Gasteiger partial charge in [0.05, 0.1) is 24.3 Å². The van der Waals surface area contributed by atoms with Crippen LogP contribution in [0.25, 0.3) is 11.4 Å². The zero-order valence-corrected chi connectivity index (χ0v) is 12.9. The summed E-state index contributed by atoms with van der Waals surface area (Å²) < 4.78 is 39.0. The van der Waals surface area contributed by atoms with Crippen LogP contribution in [0, 0.1) is 11.7 Å². The molecule has 1 fully saturated rings. The molecule has 1 aliphatic heterocycles. The minimum absolute atomic E-state index is 0.213. The van der Waals surface area contributed by atoms with Crippen molar-refractivity contribution in [1.29, 1.82) is 0 Å². The van der Waals surface area contributed by atoms with Gasteiger partial charge in [-0.3, -0.25) is 9.67 Å². The Hall–Kier alpha value is -1.87. The van der Waals surface area contributed by atoms with E-state index in [1.807, 2.05) is 0 Å². The molecule has 2 aromatic rings. The van der Waals surface area contributed by atoms with Crippen molar-refractivity contribution in [2.45, 2.75) is 13.0 Å². The average molecular weight is 325 g/mol. The molecule has 1 saturated heterocycles. The summed E-state index contributed by atoms with van der Waals surface area (Å²) in [7, 11) is -3.13. The Kier molecular flexibility index (Phi) is 3.92. The Morgan fingerprint density at radius 2 is 2.18 bits per heavy atom. The van der Waals surface area contributed by atoms with E-state index in [4.69, 9.17) is 0 Å². The van der Waals surface area contributed by atoms with Crippen molar-refractivity contribution in [3.8, 4) is 11.4 Å². The lowest BCUT2D eigenvalue weighted by atomic mass is 10.1. The molecule has 0 radical (unpaired) electrons. The maximum Gasteiger partial charge on any atom is 0.211 e. The third-order valence-corrected chi connectivity index (χ3v) is 4.96. The zero-order chi connectivity index (χ0) is 15.7. The van der Waals surface area contributed by atoms with Gasteiger partial charge in [0.1, 0.15) is 11.5 Å². The lowest BCUT2D eigenvalue weighted by Gasteiger charge is -2.12. The molecule has 1 aliphatic rings. The summed E-state index contributed by atoms with van der Waals surface area (Å²) in [4.78, 5) is 3.96. The second-order valence-electron chi connectivity index (χ2n) is 5.46. The first-order valence-corrected chi connectivity index (χ1v) is 8.74. The lowest BCUT2D eigenvalue weighted by molar-refractivity contribution is 0.410. The number of hydrogen-bond acceptors (Lipinski definition) is 5. The number of halogens is 1. The third-order valence-electron chi connectivity index (χ3n) is 3.69. The molecule has 0 bridgehead atoms. The molecule has 3 heterocycles. The monoisotopic (exact) mass is 325 g/mol. The van der Waals surface area contributed by atoms with Crippen LogP contribution in [0.4, 0.5) is 4.39 Å². The first-order chi connectivity index (χ1) is 10.4. The van der Waals surface area contributed by atoms with Crippen LogP contribution < -0.4 is 0 Å². The third kappa shape index (κ3) is 3.30. The number of rotatable bonds is 4. The fourth-order valence-electron chi connectivity index (χ4n) is 2.54. The van der Waals surface area contributed by atoms with Crippen molar-refractivity contribution < 1.29 is 12.8 Å². The number of hydrogen-bond donors (Lipinski definition) is 0. The average Bonchev–Trinajstić information content (AvgIpc) is 3.09. The van der Waals surface area contributed by atoms with Crippen LogP contribution in [0.1, 0.15) is 6.42 Å². The number of aromatic nitrogens is 4. The Morgan fingerprint density at radius 1 is 1.36 bits per heavy atom. The van der Waals surface area contributed by atoms with E-state index >= 15 is 0 Å². The van der Waals surface area contributed by atoms with Gasteiger partial charge in [-0.2, -0.15) is 0 Å². The van der Waals surface area contributed by atoms with E-state index in [-0.39, 0.29) is 5.92 Å². The molecule has 9 heteroatoms. The van der Waals surface area contributed by atoms with Gasteiger partial charge in [-0.05, 0) is 24.5 Å². The molecule has 0 amide bonds. The van der Waals surface area contributed by atoms with E-state index in [9.17, 15) is 12.8 Å². The summed E-state index contributed by atoms with van der Waals surface area (Å²) >= 11 is 0. The highest BCUT2D eigenvalue weighted by Crippen LogP contribution is 2.21. The first kappa shape index (κ1) is 15.0. The van der Waals surface area contributed by atoms with Crippen molar-refractivity contribution in [2.24, 2.45) is 5.92 Å². The SMILES string of the molecule is CS(=O)(=O)N1CCC(Cn2cc(-c3ccc(F)cn3)nn2)C1. The minimum atomic E-state index is -3.13. The molecule has 118 valence electrons. The predicted octanol–water partition coefficient (Wildman–Crippen LogP) is 0.761. The van der Waals surface area contributed by atoms with Crippen molar-refractivity contribution in [1.82, 2.24) is 24.3 Å². The molecule has 0 saturated carbocycles. The van der Waals surface area contributed by atoms with Crippen LogP contribution in [-0.4, -0.2) is 52.0 Å². The summed E-state index contributed by atoms with van der Waals surface area (Å²) in [5, 5.41) is 8.05. The number of pyridine rings is 1. The first-order valence-electron chi connectivity index (χ1n) is 6.89. The molecule has 0 aliphatic carbocycles. The van der Waals surface area contributed by atoms with Gasteiger partial charge in [-0.25, -0.2) is 17.1 Å². The highest BCUT2D eigenvalue weighted by Gasteiger charge is 2.28. The maximum atomic E-state index is 12.9. The lowest BCUT2D eigenvalue weighted by Crippen LogP contribution is -2.28. The topological polar surface area (TPSA) is 81.0 Å². The standard InChI is InChI=1S/C13H16FN5O2S/c1-22(20,21)19-5-4-10(8-19)7-18-9-13(16-17-18)12-3-2-11(14)6-15-12/h2-3,6,9-10H,4-5,7-8H2,1H3. The fraction of sp³-hybridized carbons (Fsp3) is 0.462. The minimum Gasteiger partial charge on any atom is -0.252 e. The molecule has 1 unspecified atom stereocenters. The van der Waals surface area contributed by atoms with E-state index in [2.05, 4.69) is 15.3 Å². The molecule has 0 N–H and O–H groups in total. The summed E-state index contributed by atoms with van der Waals surface area (Å²) in [6.07, 6.45) is 4.90. The maximum absolute atomic E-state index is 12.9. The molecule has 3 rings (SSSR count). The molecule has 0 spiro atoms. The normalized spacial score (nSPS) is 19.6. The van der Waals surface area contributed by atoms with Crippen LogP contribution >= 0.6 is 0 Å². The van der Waals surface area contributed by atoms with Crippen LogP contribution in [0.2, 0.25) is 0 Å². The van der Waals surface area contributed by atoms with Crippen molar-refractivity contribution >= 4 is 10.0 Å². The van der Waals surface area contributed by atoms with Crippen molar-refractivity contribution in [3.05, 3.63) is 30.3 Å². The molecule has 2 aromatic heterocycles. The van der Waals surface area contributed by atoms with Crippen LogP contribution in [0.5, 0.6) is 0 Å². The highest BCUT2D eigenvalue weighted by atomic mass is 32.2. The second kappa shape index (κ2) is 5.73. The van der Waals surface area contributed by atoms with Crippen LogP contribution in [0.3, 0.4) is 0 Å². The molecule has 1 atom stereocenters. The smallest absolute Gasteiger partial charge is 0.211 e. The quantitative estimate of drug-likeness (QED) is 0.829. The molecular formula is C13H16FN5O2S. The van der Waals surface area contributed by atoms with Crippen molar-refractivity contribution in [2.75, 3.05) is 19.3 Å². The van der Waals surface area contributed by atoms with Gasteiger partial charge in [0, 0.05) is 19.6 Å². The largest absolute Gasteiger partial charge is 0.252 e. The summed E-state index contributed by atoms with van der Waals surface area (Å²) in [5.74, 6) is -0.187. The zero-order valence-electron chi connectivity index (χ0n) is 12.1. The van der Waals surface area contributed by atoms with Crippen LogP contribution in [-0.2, 0) is 16.6 Å². The van der Waals surface area contributed by atoms with Gasteiger partial charge in [0.15, 0.2) is 0 Å². The summed E-state index contributed by atoms with van der Waals surface area (Å²) in [6, 6.07) is 2.87. The second-order valence-corrected chi connectivity index (χ2v) is 7.45. The van der Waals surface area contributed by atoms with E-state index in [0.29, 0.717) is 31.0 Å². The number of nitrogens with zero attached hydrogens (tertiary/aromatic N) is 5. The Labute approximate surface area is 127 Å². The molecule has 7 nitrogen and oxygen atoms in total. The molecule has 0 aromatic carbocycles. The van der Waals surface area contributed by atoms with Gasteiger partial charge >= 0.3 is 0 Å². The van der Waals surface area contributed by atoms with E-state index in [1.165, 1.54) is 16.6 Å². The van der Waals surface area contributed by atoms with E-state index in [1.54, 1.807) is 16.9 Å². The molecular weight excluding hydrogens is 309 g/mol. The Bertz CT molecular complexity index is 759. The predicted molar refractivity (Wildman–Crippen MR) is 77.7 cm³/mol. The number of sulfonamides is 1. The summed E-state index contributed by atoms with van der Waals surface area (Å²) in [6.45, 7) is 1.65. The van der Waals surface area contributed by atoms with Gasteiger partial charge in [-0.1, -0.05) is 5.21 Å². The van der Waals surface area contributed by atoms with Gasteiger partial charge in [0.25, 0.3) is 0 Å². The Balaban J connectivity index is 1.67. The van der Waals surface area contributed by atoms with E-state index in [0.717, 1.165) is 12.6 Å². The van der Waals surface area contributed by atoms with E-state index < -0.39 is 15.8 Å². The summed E-state index contributed by atoms with van der Waals surface area (Å²) in [5.41, 5.74) is 1.12. The van der Waals surface area contributed by atoms with Gasteiger partial charge in [0.2, 0.25) is 10.0 Å². The highest BCUT2D eigenvalue weighted by molar-refractivity contribution is 7.88. The van der Waals surface area contributed by atoms with Crippen LogP contribution in [0.15, 0.2) is 24.5 Å². The Morgan fingerprint density at radius 3 is 2.82 bits per heavy atom. The fourth-order valence-corrected chi connectivity index (χ4v) is 3.46. The van der Waals surface area contributed by atoms with Gasteiger partial charge < -0.3 is 0 Å². The van der Waals surface area contributed by atoms with Gasteiger partial charge in [-0.15, -0.1) is 5.10 Å². The molecule has 22 heavy (non-hydrogen) atoms. The van der Waals surface area contributed by atoms with Crippen molar-refractivity contribution in [3.63, 3.8) is 0 Å².